The van der Waals surface area contributed by atoms with Gasteiger partial charge in [0.2, 0.25) is 0 Å². The van der Waals surface area contributed by atoms with Gasteiger partial charge in [0.15, 0.2) is 12.4 Å². The molecule has 0 aliphatic carbocycles. The highest BCUT2D eigenvalue weighted by Gasteiger charge is 2.20. The summed E-state index contributed by atoms with van der Waals surface area (Å²) >= 11 is 0. The molecule has 27 heavy (non-hydrogen) atoms. The van der Waals surface area contributed by atoms with Crippen LogP contribution in [0.3, 0.4) is 0 Å². The number of amides is 3. The van der Waals surface area contributed by atoms with Crippen LogP contribution in [0.25, 0.3) is 0 Å². The van der Waals surface area contributed by atoms with Crippen LogP contribution in [0.5, 0.6) is 0 Å². The van der Waals surface area contributed by atoms with Gasteiger partial charge in [-0.2, -0.15) is 0 Å². The molecule has 140 valence electrons. The standard InChI is InChI=1S/C20H20N2O5/c1-13(2)21-20(26)22-17(23)12-27-19(25)16-11-7-6-10-15(16)18(24)14-8-4-3-5-9-14/h3-11,13H,12H2,1-2H3,(H2,21,22,23,26). The van der Waals surface area contributed by atoms with Crippen LogP contribution >= 0.6 is 0 Å². The monoisotopic (exact) mass is 368 g/mol. The van der Waals surface area contributed by atoms with E-state index in [-0.39, 0.29) is 23.0 Å². The fourth-order valence-corrected chi connectivity index (χ4v) is 2.27. The van der Waals surface area contributed by atoms with Crippen molar-refractivity contribution in [2.24, 2.45) is 0 Å². The van der Waals surface area contributed by atoms with Gasteiger partial charge in [0.05, 0.1) is 5.56 Å². The fourth-order valence-electron chi connectivity index (χ4n) is 2.27. The van der Waals surface area contributed by atoms with Crippen molar-refractivity contribution >= 4 is 23.7 Å². The second-order valence-electron chi connectivity index (χ2n) is 5.99. The van der Waals surface area contributed by atoms with E-state index in [1.807, 2.05) is 5.32 Å². The molecule has 0 aliphatic heterocycles. The Kier molecular flexibility index (Phi) is 6.82. The third-order valence-electron chi connectivity index (χ3n) is 3.43. The molecular formula is C20H20N2O5. The lowest BCUT2D eigenvalue weighted by Gasteiger charge is -2.10. The zero-order chi connectivity index (χ0) is 19.8. The van der Waals surface area contributed by atoms with Crippen molar-refractivity contribution in [1.82, 2.24) is 10.6 Å². The molecule has 0 unspecified atom stereocenters. The lowest BCUT2D eigenvalue weighted by atomic mass is 9.98. The van der Waals surface area contributed by atoms with Gasteiger partial charge in [0.1, 0.15) is 0 Å². The molecule has 2 rings (SSSR count). The van der Waals surface area contributed by atoms with Gasteiger partial charge in [0, 0.05) is 17.2 Å². The predicted molar refractivity (Wildman–Crippen MR) is 98.4 cm³/mol. The minimum Gasteiger partial charge on any atom is -0.452 e. The average molecular weight is 368 g/mol. The average Bonchev–Trinajstić information content (AvgIpc) is 2.65. The summed E-state index contributed by atoms with van der Waals surface area (Å²) < 4.78 is 4.94. The predicted octanol–water partition coefficient (Wildman–Crippen LogP) is 2.31. The first-order valence-corrected chi connectivity index (χ1v) is 8.34. The molecule has 2 N–H and O–H groups in total. The highest BCUT2D eigenvalue weighted by Crippen LogP contribution is 2.15. The van der Waals surface area contributed by atoms with Crippen molar-refractivity contribution in [3.8, 4) is 0 Å². The van der Waals surface area contributed by atoms with Crippen molar-refractivity contribution in [1.29, 1.82) is 0 Å². The number of imide groups is 1. The molecule has 0 spiro atoms. The third kappa shape index (κ3) is 5.78. The van der Waals surface area contributed by atoms with Gasteiger partial charge in [-0.05, 0) is 19.9 Å². The Bertz CT molecular complexity index is 846. The smallest absolute Gasteiger partial charge is 0.339 e. The Hall–Kier alpha value is -3.48. The second-order valence-corrected chi connectivity index (χ2v) is 5.99. The first-order chi connectivity index (χ1) is 12.9. The number of benzene rings is 2. The first kappa shape index (κ1) is 19.8. The van der Waals surface area contributed by atoms with E-state index in [1.165, 1.54) is 12.1 Å². The molecule has 7 nitrogen and oxygen atoms in total. The largest absolute Gasteiger partial charge is 0.452 e. The molecule has 0 saturated carbocycles. The van der Waals surface area contributed by atoms with Gasteiger partial charge in [0.25, 0.3) is 5.91 Å². The van der Waals surface area contributed by atoms with Crippen LogP contribution in [0.15, 0.2) is 54.6 Å². The van der Waals surface area contributed by atoms with Crippen LogP contribution in [-0.2, 0) is 9.53 Å². The minimum absolute atomic E-state index is 0.0470. The molecule has 0 aromatic heterocycles. The quantitative estimate of drug-likeness (QED) is 0.602. The number of ether oxygens (including phenoxy) is 1. The van der Waals surface area contributed by atoms with E-state index < -0.39 is 24.5 Å². The van der Waals surface area contributed by atoms with Crippen LogP contribution in [0.1, 0.15) is 40.1 Å². The van der Waals surface area contributed by atoms with Crippen LogP contribution < -0.4 is 10.6 Å². The molecule has 0 radical (unpaired) electrons. The zero-order valence-corrected chi connectivity index (χ0v) is 15.0. The highest BCUT2D eigenvalue weighted by atomic mass is 16.5. The molecule has 0 saturated heterocycles. The summed E-state index contributed by atoms with van der Waals surface area (Å²) in [5, 5.41) is 4.53. The van der Waals surface area contributed by atoms with Gasteiger partial charge in [-0.25, -0.2) is 9.59 Å². The van der Waals surface area contributed by atoms with Crippen molar-refractivity contribution in [2.75, 3.05) is 6.61 Å². The molecule has 0 bridgehead atoms. The number of ketones is 1. The number of urea groups is 1. The van der Waals surface area contributed by atoms with Crippen LogP contribution in [0.4, 0.5) is 4.79 Å². The maximum Gasteiger partial charge on any atom is 0.339 e. The molecule has 0 heterocycles. The number of carbonyl (C=O) groups is 4. The Balaban J connectivity index is 2.04. The topological polar surface area (TPSA) is 102 Å². The van der Waals surface area contributed by atoms with Crippen molar-refractivity contribution in [3.63, 3.8) is 0 Å². The number of nitrogens with one attached hydrogen (secondary N) is 2. The number of esters is 1. The Morgan fingerprint density at radius 1 is 0.889 bits per heavy atom. The van der Waals surface area contributed by atoms with Crippen LogP contribution in [0.2, 0.25) is 0 Å². The third-order valence-corrected chi connectivity index (χ3v) is 3.43. The van der Waals surface area contributed by atoms with E-state index in [4.69, 9.17) is 4.74 Å². The zero-order valence-electron chi connectivity index (χ0n) is 15.0. The van der Waals surface area contributed by atoms with Gasteiger partial charge in [-0.15, -0.1) is 0 Å². The highest BCUT2D eigenvalue weighted by molar-refractivity contribution is 6.14. The molecule has 0 aliphatic rings. The summed E-state index contributed by atoms with van der Waals surface area (Å²) in [7, 11) is 0. The Morgan fingerprint density at radius 2 is 1.48 bits per heavy atom. The Morgan fingerprint density at radius 3 is 2.11 bits per heavy atom. The first-order valence-electron chi connectivity index (χ1n) is 8.34. The maximum absolute atomic E-state index is 12.6. The summed E-state index contributed by atoms with van der Waals surface area (Å²) in [6.45, 7) is 2.84. The fraction of sp³-hybridized carbons (Fsp3) is 0.200. The summed E-state index contributed by atoms with van der Waals surface area (Å²) in [5.74, 6) is -1.92. The molecule has 7 heteroatoms. The molecule has 3 amide bonds. The van der Waals surface area contributed by atoms with Crippen molar-refractivity contribution in [3.05, 3.63) is 71.3 Å². The van der Waals surface area contributed by atoms with Gasteiger partial charge >= 0.3 is 12.0 Å². The summed E-state index contributed by atoms with van der Waals surface area (Å²) in [6, 6.07) is 13.9. The van der Waals surface area contributed by atoms with Crippen LogP contribution in [-0.4, -0.2) is 36.3 Å². The SMILES string of the molecule is CC(C)NC(=O)NC(=O)COC(=O)c1ccccc1C(=O)c1ccccc1. The van der Waals surface area contributed by atoms with Crippen molar-refractivity contribution < 1.29 is 23.9 Å². The Labute approximate surface area is 156 Å². The molecule has 2 aromatic carbocycles. The van der Waals surface area contributed by atoms with Crippen LogP contribution in [0, 0.1) is 0 Å². The van der Waals surface area contributed by atoms with E-state index in [2.05, 4.69) is 5.32 Å². The number of hydrogen-bond donors (Lipinski definition) is 2. The second kappa shape index (κ2) is 9.28. The van der Waals surface area contributed by atoms with Gasteiger partial charge in [-0.3, -0.25) is 14.9 Å². The molecule has 0 atom stereocenters. The molecule has 0 fully saturated rings. The summed E-state index contributed by atoms with van der Waals surface area (Å²) in [4.78, 5) is 48.1. The van der Waals surface area contributed by atoms with Gasteiger partial charge in [-0.1, -0.05) is 48.5 Å². The molecular weight excluding hydrogens is 348 g/mol. The molecule has 2 aromatic rings. The lowest BCUT2D eigenvalue weighted by Crippen LogP contribution is -2.44. The van der Waals surface area contributed by atoms with E-state index in [9.17, 15) is 19.2 Å². The maximum atomic E-state index is 12.6. The van der Waals surface area contributed by atoms with E-state index in [1.54, 1.807) is 56.3 Å². The van der Waals surface area contributed by atoms with E-state index >= 15 is 0 Å². The number of hydrogen-bond acceptors (Lipinski definition) is 5. The van der Waals surface area contributed by atoms with E-state index in [0.29, 0.717) is 5.56 Å². The minimum atomic E-state index is -0.825. The van der Waals surface area contributed by atoms with Gasteiger partial charge < -0.3 is 10.1 Å². The number of carbonyl (C=O) groups excluding carboxylic acids is 4. The lowest BCUT2D eigenvalue weighted by molar-refractivity contribution is -0.123. The summed E-state index contributed by atoms with van der Waals surface area (Å²) in [6.07, 6.45) is 0. The number of rotatable bonds is 6. The summed E-state index contributed by atoms with van der Waals surface area (Å²) in [5.41, 5.74) is 0.651. The van der Waals surface area contributed by atoms with E-state index in [0.717, 1.165) is 0 Å². The van der Waals surface area contributed by atoms with Crippen molar-refractivity contribution in [2.45, 2.75) is 19.9 Å². The normalized spacial score (nSPS) is 10.2.